The van der Waals surface area contributed by atoms with Crippen LogP contribution in [-0.2, 0) is 44.8 Å². The molecule has 0 spiro atoms. The number of rotatable bonds is 28. The number of aliphatic hydroxyl groups is 1. The Balaban J connectivity index is 3.41. The topological polar surface area (TPSA) is 301 Å². The van der Waals surface area contributed by atoms with Crippen LogP contribution in [0.3, 0.4) is 0 Å². The molecular weight excluding hydrogens is 785 g/mol. The molecule has 7 amide bonds. The van der Waals surface area contributed by atoms with E-state index in [1.165, 1.54) is 11.8 Å². The largest absolute Gasteiger partial charge is 0.480 e. The van der Waals surface area contributed by atoms with Crippen LogP contribution in [0.25, 0.3) is 0 Å². The van der Waals surface area contributed by atoms with Gasteiger partial charge in [-0.2, -0.15) is 11.8 Å². The van der Waals surface area contributed by atoms with E-state index in [9.17, 15) is 48.6 Å². The van der Waals surface area contributed by atoms with Gasteiger partial charge in [0.25, 0.3) is 0 Å². The van der Waals surface area contributed by atoms with Crippen molar-refractivity contribution in [2.24, 2.45) is 29.2 Å². The quantitative estimate of drug-likeness (QED) is 0.0520. The van der Waals surface area contributed by atoms with Crippen molar-refractivity contribution in [2.75, 3.05) is 18.6 Å². The second-order valence-corrected chi connectivity index (χ2v) is 16.5. The molecule has 332 valence electrons. The van der Waals surface area contributed by atoms with Crippen molar-refractivity contribution in [3.8, 4) is 0 Å². The maximum atomic E-state index is 14.0. The number of carbonyl (C=O) groups is 8. The van der Waals surface area contributed by atoms with Crippen LogP contribution < -0.4 is 43.4 Å². The molecule has 0 heterocycles. The maximum absolute atomic E-state index is 14.0. The van der Waals surface area contributed by atoms with Gasteiger partial charge >= 0.3 is 5.97 Å². The van der Waals surface area contributed by atoms with Crippen molar-refractivity contribution in [3.63, 3.8) is 0 Å². The van der Waals surface area contributed by atoms with Crippen LogP contribution in [-0.4, -0.2) is 118 Å². The fourth-order valence-corrected chi connectivity index (χ4v) is 6.32. The Morgan fingerprint density at radius 2 is 1.08 bits per heavy atom. The third-order valence-corrected chi connectivity index (χ3v) is 10.2. The summed E-state index contributed by atoms with van der Waals surface area (Å²) in [6.07, 6.45) is 2.09. The summed E-state index contributed by atoms with van der Waals surface area (Å²) in [6, 6.07) is -0.217. The predicted octanol–water partition coefficient (Wildman–Crippen LogP) is -0.301. The summed E-state index contributed by atoms with van der Waals surface area (Å²) in [4.78, 5) is 105. The Bertz CT molecular complexity index is 1550. The number of aliphatic carboxylic acids is 1. The van der Waals surface area contributed by atoms with Gasteiger partial charge in [-0.15, -0.1) is 0 Å². The highest BCUT2D eigenvalue weighted by Crippen LogP contribution is 2.12. The van der Waals surface area contributed by atoms with Crippen LogP contribution in [0.5, 0.6) is 0 Å². The molecule has 0 unspecified atom stereocenters. The molecule has 0 aliphatic carbocycles. The fraction of sp³-hybridized carbons (Fsp3) is 0.650. The van der Waals surface area contributed by atoms with Gasteiger partial charge < -0.3 is 53.6 Å². The average molecular weight is 851 g/mol. The average Bonchev–Trinajstić information content (AvgIpc) is 3.17. The number of carbonyl (C=O) groups excluding carboxylic acids is 7. The fourth-order valence-electron chi connectivity index (χ4n) is 5.85. The lowest BCUT2D eigenvalue weighted by molar-refractivity contribution is -0.143. The van der Waals surface area contributed by atoms with Crippen LogP contribution >= 0.6 is 11.8 Å². The van der Waals surface area contributed by atoms with Crippen LogP contribution in [0, 0.1) is 17.8 Å². The Kier molecular flexibility index (Phi) is 24.0. The standard InChI is InChI=1S/C40H66N8O10S/c1-8-24(6)33(42)39(56)48-31(21-49)38(55)46-29(20-25-12-10-9-11-13-25)37(54)43-26(14-15-32(41)50)34(51)45-28(18-22(2)3)36(53)44-27(16-17-59-7)35(52)47-30(40(57)58)19-23(4)5/h9-13,22-24,26-31,33,49H,8,14-21,42H2,1-7H3,(H2,41,50)(H,43,54)(H,44,53)(H,45,51)(H,46,55)(H,47,52)(H,48,56)(H,57,58)/t24-,26-,27-,28-,29-,30-,31-,33-/m0/s1. The van der Waals surface area contributed by atoms with Crippen molar-refractivity contribution in [1.29, 1.82) is 0 Å². The molecule has 0 saturated heterocycles. The number of thioether (sulfide) groups is 1. The summed E-state index contributed by atoms with van der Waals surface area (Å²) in [6.45, 7) is 10.0. The van der Waals surface area contributed by atoms with E-state index in [-0.39, 0.29) is 56.3 Å². The molecule has 0 radical (unpaired) electrons. The molecule has 8 atom stereocenters. The van der Waals surface area contributed by atoms with Crippen molar-refractivity contribution < 1.29 is 48.6 Å². The molecule has 1 aromatic carbocycles. The number of carboxylic acid groups (broad SMARTS) is 1. The molecule has 18 nitrogen and oxygen atoms in total. The highest BCUT2D eigenvalue weighted by atomic mass is 32.2. The van der Waals surface area contributed by atoms with E-state index in [0.29, 0.717) is 17.7 Å². The van der Waals surface area contributed by atoms with Gasteiger partial charge in [0.05, 0.1) is 12.6 Å². The van der Waals surface area contributed by atoms with E-state index >= 15 is 0 Å². The molecule has 0 aliphatic rings. The molecule has 0 bridgehead atoms. The van der Waals surface area contributed by atoms with Gasteiger partial charge in [0.1, 0.15) is 36.3 Å². The number of nitrogens with one attached hydrogen (secondary N) is 6. The van der Waals surface area contributed by atoms with Crippen LogP contribution in [0.4, 0.5) is 0 Å². The molecule has 59 heavy (non-hydrogen) atoms. The van der Waals surface area contributed by atoms with E-state index in [4.69, 9.17) is 11.5 Å². The van der Waals surface area contributed by atoms with Gasteiger partial charge in [-0.1, -0.05) is 78.3 Å². The van der Waals surface area contributed by atoms with Crippen LogP contribution in [0.15, 0.2) is 30.3 Å². The number of benzene rings is 1. The molecule has 0 aromatic heterocycles. The van der Waals surface area contributed by atoms with Gasteiger partial charge in [0.15, 0.2) is 0 Å². The lowest BCUT2D eigenvalue weighted by atomic mass is 9.99. The van der Waals surface area contributed by atoms with E-state index in [0.717, 1.165) is 0 Å². The lowest BCUT2D eigenvalue weighted by Crippen LogP contribution is -2.60. The first-order valence-corrected chi connectivity index (χ1v) is 21.4. The summed E-state index contributed by atoms with van der Waals surface area (Å²) < 4.78 is 0. The number of aliphatic hydroxyl groups excluding tert-OH is 1. The molecule has 0 aliphatic heterocycles. The second kappa shape index (κ2) is 27.1. The first-order valence-electron chi connectivity index (χ1n) is 20.0. The molecule has 19 heteroatoms. The highest BCUT2D eigenvalue weighted by Gasteiger charge is 2.34. The third kappa shape index (κ3) is 19.7. The smallest absolute Gasteiger partial charge is 0.326 e. The predicted molar refractivity (Wildman–Crippen MR) is 224 cm³/mol. The Morgan fingerprint density at radius 3 is 1.58 bits per heavy atom. The van der Waals surface area contributed by atoms with Crippen molar-refractivity contribution in [2.45, 2.75) is 129 Å². The number of carboxylic acids is 1. The summed E-state index contributed by atoms with van der Waals surface area (Å²) in [5.74, 6) is -6.71. The maximum Gasteiger partial charge on any atom is 0.326 e. The van der Waals surface area contributed by atoms with Crippen molar-refractivity contribution in [1.82, 2.24) is 31.9 Å². The molecule has 0 saturated carbocycles. The van der Waals surface area contributed by atoms with Gasteiger partial charge in [-0.05, 0) is 61.0 Å². The normalized spacial score (nSPS) is 15.3. The highest BCUT2D eigenvalue weighted by molar-refractivity contribution is 7.98. The minimum atomic E-state index is -1.47. The van der Waals surface area contributed by atoms with Gasteiger partial charge in [-0.25, -0.2) is 4.79 Å². The van der Waals surface area contributed by atoms with Crippen molar-refractivity contribution in [3.05, 3.63) is 35.9 Å². The first kappa shape index (κ1) is 52.3. The minimum absolute atomic E-state index is 0.0434. The second-order valence-electron chi connectivity index (χ2n) is 15.5. The SMILES string of the molecule is CC[C@H](C)[C@H](N)C(=O)N[C@@H](CO)C(=O)N[C@@H](Cc1ccccc1)C(=O)N[C@@H](CCC(N)=O)C(=O)N[C@@H](CC(C)C)C(=O)N[C@@H](CCSC)C(=O)N[C@@H](CC(C)C)C(=O)O. The van der Waals surface area contributed by atoms with Crippen molar-refractivity contribution >= 4 is 59.1 Å². The summed E-state index contributed by atoms with van der Waals surface area (Å²) in [5.41, 5.74) is 12.0. The van der Waals surface area contributed by atoms with Gasteiger partial charge in [0.2, 0.25) is 41.4 Å². The van der Waals surface area contributed by atoms with Crippen LogP contribution in [0.1, 0.15) is 85.6 Å². The zero-order valence-electron chi connectivity index (χ0n) is 35.2. The minimum Gasteiger partial charge on any atom is -0.480 e. The van der Waals surface area contributed by atoms with E-state index in [1.807, 2.05) is 20.8 Å². The molecule has 1 aromatic rings. The Morgan fingerprint density at radius 1 is 0.644 bits per heavy atom. The lowest BCUT2D eigenvalue weighted by Gasteiger charge is -2.28. The van der Waals surface area contributed by atoms with Crippen LogP contribution in [0.2, 0.25) is 0 Å². The summed E-state index contributed by atoms with van der Waals surface area (Å²) >= 11 is 1.41. The first-order chi connectivity index (χ1) is 27.7. The Hall–Kier alpha value is -4.75. The Labute approximate surface area is 351 Å². The molecule has 12 N–H and O–H groups in total. The summed E-state index contributed by atoms with van der Waals surface area (Å²) in [5, 5.41) is 35.1. The van der Waals surface area contributed by atoms with Gasteiger partial charge in [-0.3, -0.25) is 33.6 Å². The molecule has 0 fully saturated rings. The van der Waals surface area contributed by atoms with E-state index < -0.39 is 96.2 Å². The van der Waals surface area contributed by atoms with Gasteiger partial charge in [0, 0.05) is 12.8 Å². The molecule has 1 rings (SSSR count). The zero-order valence-corrected chi connectivity index (χ0v) is 36.1. The number of amides is 7. The number of hydrogen-bond acceptors (Lipinski definition) is 11. The number of primary amides is 1. The van der Waals surface area contributed by atoms with E-state index in [1.54, 1.807) is 57.4 Å². The third-order valence-electron chi connectivity index (χ3n) is 9.51. The summed E-state index contributed by atoms with van der Waals surface area (Å²) in [7, 11) is 0. The number of hydrogen-bond donors (Lipinski definition) is 10. The zero-order chi connectivity index (χ0) is 44.8. The molecular formula is C40H66N8O10S. The number of nitrogens with two attached hydrogens (primary N) is 2. The van der Waals surface area contributed by atoms with E-state index in [2.05, 4.69) is 31.9 Å². The monoisotopic (exact) mass is 850 g/mol.